The van der Waals surface area contributed by atoms with Gasteiger partial charge in [-0.25, -0.2) is 4.98 Å². The zero-order chi connectivity index (χ0) is 20.3. The number of anilines is 1. The van der Waals surface area contributed by atoms with Gasteiger partial charge in [-0.3, -0.25) is 9.59 Å². The van der Waals surface area contributed by atoms with Crippen LogP contribution in [-0.4, -0.2) is 53.9 Å². The van der Waals surface area contributed by atoms with Gasteiger partial charge >= 0.3 is 0 Å². The van der Waals surface area contributed by atoms with Crippen LogP contribution in [0.2, 0.25) is 0 Å². The van der Waals surface area contributed by atoms with Crippen molar-refractivity contribution in [1.29, 1.82) is 0 Å². The van der Waals surface area contributed by atoms with Crippen molar-refractivity contribution < 1.29 is 9.59 Å². The average Bonchev–Trinajstić information content (AvgIpc) is 3.14. The monoisotopic (exact) mass is 406 g/mol. The Morgan fingerprint density at radius 2 is 1.86 bits per heavy atom. The molecule has 1 atom stereocenters. The summed E-state index contributed by atoms with van der Waals surface area (Å²) in [5, 5.41) is 4.27. The van der Waals surface area contributed by atoms with Crippen LogP contribution in [-0.2, 0) is 22.4 Å². The van der Waals surface area contributed by atoms with Gasteiger partial charge in [0.25, 0.3) is 0 Å². The largest absolute Gasteiger partial charge is 0.353 e. The van der Waals surface area contributed by atoms with Crippen molar-refractivity contribution in [2.75, 3.05) is 31.1 Å². The van der Waals surface area contributed by atoms with Gasteiger partial charge in [-0.15, -0.1) is 11.3 Å². The van der Waals surface area contributed by atoms with E-state index in [9.17, 15) is 9.59 Å². The number of nitrogens with one attached hydrogen (secondary N) is 1. The minimum atomic E-state index is 0.0572. The standard InChI is InChI=1S/C21H34N4O2S/c1-5-16(6-2)22-19(26)15-7-8-17-18(13-15)28-21(23-17)25-11-9-24(10-12-25)20(27)14(3)4/h14-16H,5-13H2,1-4H3,(H,22,26)/t15-/m1/s1. The molecule has 0 saturated carbocycles. The van der Waals surface area contributed by atoms with Crippen molar-refractivity contribution in [3.8, 4) is 0 Å². The minimum Gasteiger partial charge on any atom is -0.353 e. The Morgan fingerprint density at radius 3 is 2.46 bits per heavy atom. The molecule has 2 aliphatic rings. The number of rotatable bonds is 6. The molecule has 1 saturated heterocycles. The number of fused-ring (bicyclic) bond motifs is 1. The number of piperazine rings is 1. The molecule has 1 N–H and O–H groups in total. The number of aryl methyl sites for hydroxylation is 1. The van der Waals surface area contributed by atoms with Crippen LogP contribution in [0.4, 0.5) is 5.13 Å². The van der Waals surface area contributed by atoms with E-state index in [1.807, 2.05) is 18.7 Å². The lowest BCUT2D eigenvalue weighted by Gasteiger charge is -2.35. The Morgan fingerprint density at radius 1 is 1.18 bits per heavy atom. The molecule has 0 radical (unpaired) electrons. The predicted octanol–water partition coefficient (Wildman–Crippen LogP) is 2.86. The predicted molar refractivity (Wildman–Crippen MR) is 114 cm³/mol. The summed E-state index contributed by atoms with van der Waals surface area (Å²) in [6.07, 6.45) is 4.55. The normalized spacial score (nSPS) is 19.9. The van der Waals surface area contributed by atoms with E-state index in [0.717, 1.165) is 63.4 Å². The van der Waals surface area contributed by atoms with E-state index in [1.165, 1.54) is 10.6 Å². The summed E-state index contributed by atoms with van der Waals surface area (Å²) in [6, 6.07) is 0.288. The summed E-state index contributed by atoms with van der Waals surface area (Å²) in [7, 11) is 0. The average molecular weight is 407 g/mol. The molecule has 0 aromatic carbocycles. The van der Waals surface area contributed by atoms with Gasteiger partial charge in [0, 0.05) is 48.9 Å². The molecule has 0 spiro atoms. The molecular formula is C21H34N4O2S. The van der Waals surface area contributed by atoms with Crippen LogP contribution in [0.1, 0.15) is 57.5 Å². The Balaban J connectivity index is 1.58. The van der Waals surface area contributed by atoms with Crippen LogP contribution in [0.25, 0.3) is 0 Å². The SMILES string of the molecule is CCC(CC)NC(=O)[C@@H]1CCc2nc(N3CCN(C(=O)C(C)C)CC3)sc2C1. The molecule has 0 bridgehead atoms. The third-order valence-electron chi connectivity index (χ3n) is 5.99. The van der Waals surface area contributed by atoms with E-state index in [-0.39, 0.29) is 29.7 Å². The van der Waals surface area contributed by atoms with Crippen molar-refractivity contribution in [1.82, 2.24) is 15.2 Å². The molecule has 7 heteroatoms. The maximum atomic E-state index is 12.6. The van der Waals surface area contributed by atoms with Crippen LogP contribution in [0.15, 0.2) is 0 Å². The number of amides is 2. The van der Waals surface area contributed by atoms with Crippen molar-refractivity contribution in [3.05, 3.63) is 10.6 Å². The van der Waals surface area contributed by atoms with Crippen LogP contribution in [0, 0.1) is 11.8 Å². The second-order valence-corrected chi connectivity index (χ2v) is 9.36. The molecule has 1 aliphatic heterocycles. The van der Waals surface area contributed by atoms with Crippen molar-refractivity contribution >= 4 is 28.3 Å². The lowest BCUT2D eigenvalue weighted by molar-refractivity contribution is -0.134. The molecule has 2 heterocycles. The number of hydrogen-bond donors (Lipinski definition) is 1. The van der Waals surface area contributed by atoms with Crippen molar-refractivity contribution in [2.45, 2.75) is 65.8 Å². The first-order valence-corrected chi connectivity index (χ1v) is 11.6. The highest BCUT2D eigenvalue weighted by molar-refractivity contribution is 7.15. The van der Waals surface area contributed by atoms with E-state index < -0.39 is 0 Å². The van der Waals surface area contributed by atoms with Crippen LogP contribution in [0.3, 0.4) is 0 Å². The van der Waals surface area contributed by atoms with E-state index >= 15 is 0 Å². The molecule has 2 amide bonds. The minimum absolute atomic E-state index is 0.0572. The van der Waals surface area contributed by atoms with Gasteiger partial charge in [-0.1, -0.05) is 27.7 Å². The second kappa shape index (κ2) is 9.25. The molecule has 6 nitrogen and oxygen atoms in total. The summed E-state index contributed by atoms with van der Waals surface area (Å²) in [4.78, 5) is 35.2. The van der Waals surface area contributed by atoms with Crippen LogP contribution < -0.4 is 10.2 Å². The molecule has 1 fully saturated rings. The summed E-state index contributed by atoms with van der Waals surface area (Å²) >= 11 is 1.74. The van der Waals surface area contributed by atoms with Crippen LogP contribution in [0.5, 0.6) is 0 Å². The molecular weight excluding hydrogens is 372 g/mol. The smallest absolute Gasteiger partial charge is 0.225 e. The third-order valence-corrected chi connectivity index (χ3v) is 7.17. The molecule has 1 aliphatic carbocycles. The van der Waals surface area contributed by atoms with Crippen LogP contribution >= 0.6 is 11.3 Å². The first-order valence-electron chi connectivity index (χ1n) is 10.8. The third kappa shape index (κ3) is 4.67. The Hall–Kier alpha value is -1.63. The van der Waals surface area contributed by atoms with Gasteiger partial charge in [0.2, 0.25) is 11.8 Å². The highest BCUT2D eigenvalue weighted by atomic mass is 32.1. The zero-order valence-corrected chi connectivity index (χ0v) is 18.5. The van der Waals surface area contributed by atoms with E-state index in [0.29, 0.717) is 0 Å². The molecule has 1 aromatic heterocycles. The first kappa shape index (κ1) is 21.1. The Labute approximate surface area is 172 Å². The fourth-order valence-electron chi connectivity index (χ4n) is 4.02. The molecule has 28 heavy (non-hydrogen) atoms. The van der Waals surface area contributed by atoms with Gasteiger partial charge in [0.1, 0.15) is 0 Å². The van der Waals surface area contributed by atoms with Gasteiger partial charge in [-0.2, -0.15) is 0 Å². The maximum absolute atomic E-state index is 12.6. The fraction of sp³-hybridized carbons (Fsp3) is 0.762. The number of aromatic nitrogens is 1. The quantitative estimate of drug-likeness (QED) is 0.789. The van der Waals surface area contributed by atoms with Gasteiger partial charge < -0.3 is 15.1 Å². The lowest BCUT2D eigenvalue weighted by atomic mass is 9.90. The zero-order valence-electron chi connectivity index (χ0n) is 17.7. The second-order valence-electron chi connectivity index (χ2n) is 8.30. The number of thiazole rings is 1. The lowest BCUT2D eigenvalue weighted by Crippen LogP contribution is -2.49. The van der Waals surface area contributed by atoms with E-state index in [1.54, 1.807) is 11.3 Å². The molecule has 0 unspecified atom stereocenters. The van der Waals surface area contributed by atoms with E-state index in [2.05, 4.69) is 24.1 Å². The summed E-state index contributed by atoms with van der Waals surface area (Å²) in [5.41, 5.74) is 1.17. The topological polar surface area (TPSA) is 65.5 Å². The summed E-state index contributed by atoms with van der Waals surface area (Å²) in [5.74, 6) is 0.572. The van der Waals surface area contributed by atoms with Gasteiger partial charge in [-0.05, 0) is 32.1 Å². The van der Waals surface area contributed by atoms with E-state index in [4.69, 9.17) is 4.98 Å². The Kier molecular flexibility index (Phi) is 6.96. The van der Waals surface area contributed by atoms with Gasteiger partial charge in [0.05, 0.1) is 5.69 Å². The van der Waals surface area contributed by atoms with Crippen molar-refractivity contribution in [2.24, 2.45) is 11.8 Å². The summed E-state index contributed by atoms with van der Waals surface area (Å²) in [6.45, 7) is 11.4. The first-order chi connectivity index (χ1) is 13.4. The highest BCUT2D eigenvalue weighted by Crippen LogP contribution is 2.34. The fourth-order valence-corrected chi connectivity index (χ4v) is 5.25. The number of nitrogens with zero attached hydrogens (tertiary/aromatic N) is 3. The molecule has 3 rings (SSSR count). The molecule has 156 valence electrons. The summed E-state index contributed by atoms with van der Waals surface area (Å²) < 4.78 is 0. The maximum Gasteiger partial charge on any atom is 0.225 e. The molecule has 1 aromatic rings. The highest BCUT2D eigenvalue weighted by Gasteiger charge is 2.30. The van der Waals surface area contributed by atoms with Gasteiger partial charge in [0.15, 0.2) is 5.13 Å². The number of hydrogen-bond acceptors (Lipinski definition) is 5. The Bertz CT molecular complexity index is 691. The number of carbonyl (C=O) groups is 2. The number of carbonyl (C=O) groups excluding carboxylic acids is 2. The van der Waals surface area contributed by atoms with Crippen molar-refractivity contribution in [3.63, 3.8) is 0 Å².